The molecule has 120 valence electrons. The van der Waals surface area contributed by atoms with Gasteiger partial charge in [-0.1, -0.05) is 6.07 Å². The summed E-state index contributed by atoms with van der Waals surface area (Å²) in [7, 11) is -4.52. The molecule has 1 amide bonds. The van der Waals surface area contributed by atoms with Crippen LogP contribution in [-0.2, 0) is 14.8 Å². The van der Waals surface area contributed by atoms with Crippen LogP contribution in [0.25, 0.3) is 6.08 Å². The minimum Gasteiger partial charge on any atom is -0.269 e. The van der Waals surface area contributed by atoms with Gasteiger partial charge in [-0.3, -0.25) is 9.78 Å². The number of rotatable bonds is 4. The zero-order chi connectivity index (χ0) is 17.0. The van der Waals surface area contributed by atoms with Gasteiger partial charge in [-0.15, -0.1) is 0 Å². The van der Waals surface area contributed by atoms with E-state index in [1.807, 2.05) is 0 Å². The Kier molecular flexibility index (Phi) is 4.85. The van der Waals surface area contributed by atoms with E-state index in [1.165, 1.54) is 25.4 Å². The lowest BCUT2D eigenvalue weighted by atomic mass is 10.2. The van der Waals surface area contributed by atoms with Gasteiger partial charge in [-0.2, -0.15) is 0 Å². The van der Waals surface area contributed by atoms with Crippen LogP contribution >= 0.6 is 0 Å². The van der Waals surface area contributed by atoms with Crippen molar-refractivity contribution in [3.63, 3.8) is 0 Å². The van der Waals surface area contributed by atoms with E-state index in [-0.39, 0.29) is 5.56 Å². The van der Waals surface area contributed by atoms with E-state index in [2.05, 4.69) is 4.98 Å². The molecule has 0 bridgehead atoms. The summed E-state index contributed by atoms with van der Waals surface area (Å²) in [5, 5.41) is 0. The van der Waals surface area contributed by atoms with Crippen molar-refractivity contribution in [3.05, 3.63) is 65.5 Å². The second-order valence-electron chi connectivity index (χ2n) is 4.62. The molecule has 1 aromatic heterocycles. The number of halogens is 2. The first-order chi connectivity index (χ1) is 10.8. The third kappa shape index (κ3) is 4.19. The first kappa shape index (κ1) is 16.8. The zero-order valence-corrected chi connectivity index (χ0v) is 12.8. The van der Waals surface area contributed by atoms with Crippen molar-refractivity contribution in [2.24, 2.45) is 0 Å². The predicted octanol–water partition coefficient (Wildman–Crippen LogP) is 2.19. The zero-order valence-electron chi connectivity index (χ0n) is 12.0. The molecule has 0 aliphatic carbocycles. The fraction of sp³-hybridized carbons (Fsp3) is 0.0667. The number of benzene rings is 1. The van der Waals surface area contributed by atoms with Gasteiger partial charge in [0.15, 0.2) is 0 Å². The fourth-order valence-electron chi connectivity index (χ4n) is 1.70. The van der Waals surface area contributed by atoms with Gasteiger partial charge in [0.1, 0.15) is 16.5 Å². The lowest BCUT2D eigenvalue weighted by Crippen LogP contribution is -2.29. The first-order valence-electron chi connectivity index (χ1n) is 6.40. The maximum Gasteiger partial charge on any atom is 0.267 e. The SMILES string of the molecule is Cc1cc(F)c(S(=O)(=O)NC(=O)/C=C/c2cccnc2)cc1F. The second-order valence-corrected chi connectivity index (χ2v) is 6.27. The first-order valence-corrected chi connectivity index (χ1v) is 7.88. The molecule has 0 fully saturated rings. The van der Waals surface area contributed by atoms with E-state index in [0.717, 1.165) is 12.1 Å². The number of aryl methyl sites for hydroxylation is 1. The molecule has 0 atom stereocenters. The molecule has 0 spiro atoms. The number of sulfonamides is 1. The number of amides is 1. The molecule has 0 unspecified atom stereocenters. The highest BCUT2D eigenvalue weighted by atomic mass is 32.2. The third-order valence-corrected chi connectivity index (χ3v) is 4.21. The van der Waals surface area contributed by atoms with E-state index in [0.29, 0.717) is 11.6 Å². The Morgan fingerprint density at radius 1 is 1.26 bits per heavy atom. The summed E-state index contributed by atoms with van der Waals surface area (Å²) in [6.45, 7) is 1.30. The predicted molar refractivity (Wildman–Crippen MR) is 79.7 cm³/mol. The van der Waals surface area contributed by atoms with Crippen LogP contribution in [0.5, 0.6) is 0 Å². The Balaban J connectivity index is 2.20. The van der Waals surface area contributed by atoms with Crippen LogP contribution in [0, 0.1) is 18.6 Å². The van der Waals surface area contributed by atoms with Crippen LogP contribution in [0.4, 0.5) is 8.78 Å². The van der Waals surface area contributed by atoms with E-state index in [9.17, 15) is 22.0 Å². The van der Waals surface area contributed by atoms with Crippen molar-refractivity contribution in [1.82, 2.24) is 9.71 Å². The normalized spacial score (nSPS) is 11.6. The average molecular weight is 338 g/mol. The van der Waals surface area contributed by atoms with Crippen molar-refractivity contribution in [2.45, 2.75) is 11.8 Å². The molecule has 1 N–H and O–H groups in total. The summed E-state index contributed by atoms with van der Waals surface area (Å²) in [6.07, 6.45) is 5.30. The summed E-state index contributed by atoms with van der Waals surface area (Å²) >= 11 is 0. The molecule has 0 saturated carbocycles. The fourth-order valence-corrected chi connectivity index (χ4v) is 2.72. The Morgan fingerprint density at radius 3 is 2.65 bits per heavy atom. The molecule has 2 aromatic rings. The molecule has 0 aliphatic heterocycles. The van der Waals surface area contributed by atoms with Crippen molar-refractivity contribution in [2.75, 3.05) is 0 Å². The number of pyridine rings is 1. The summed E-state index contributed by atoms with van der Waals surface area (Å²) in [5.41, 5.74) is 0.539. The van der Waals surface area contributed by atoms with E-state index in [1.54, 1.807) is 16.9 Å². The summed E-state index contributed by atoms with van der Waals surface area (Å²) in [5.74, 6) is -3.01. The van der Waals surface area contributed by atoms with Gasteiger partial charge >= 0.3 is 0 Å². The lowest BCUT2D eigenvalue weighted by Gasteiger charge is -2.07. The van der Waals surface area contributed by atoms with Crippen molar-refractivity contribution in [1.29, 1.82) is 0 Å². The molecule has 1 aromatic carbocycles. The minimum absolute atomic E-state index is 0.0377. The average Bonchev–Trinajstić information content (AvgIpc) is 2.49. The molecule has 0 saturated heterocycles. The summed E-state index contributed by atoms with van der Waals surface area (Å²) < 4.78 is 52.7. The maximum absolute atomic E-state index is 13.7. The standard InChI is InChI=1S/C15H12F2N2O3S/c1-10-7-13(17)14(8-12(10)16)23(21,22)19-15(20)5-4-11-3-2-6-18-9-11/h2-9H,1H3,(H,19,20)/b5-4+. The molecule has 23 heavy (non-hydrogen) atoms. The highest BCUT2D eigenvalue weighted by molar-refractivity contribution is 7.90. The third-order valence-electron chi connectivity index (χ3n) is 2.85. The quantitative estimate of drug-likeness (QED) is 0.867. The highest BCUT2D eigenvalue weighted by Gasteiger charge is 2.22. The van der Waals surface area contributed by atoms with Gasteiger partial charge in [0.25, 0.3) is 15.9 Å². The van der Waals surface area contributed by atoms with Gasteiger partial charge in [0, 0.05) is 18.5 Å². The van der Waals surface area contributed by atoms with E-state index >= 15 is 0 Å². The van der Waals surface area contributed by atoms with Crippen LogP contribution < -0.4 is 4.72 Å². The molecular weight excluding hydrogens is 326 g/mol. The number of carbonyl (C=O) groups is 1. The number of carbonyl (C=O) groups excluding carboxylic acids is 1. The molecular formula is C15H12F2N2O3S. The summed E-state index contributed by atoms with van der Waals surface area (Å²) in [4.78, 5) is 14.5. The maximum atomic E-state index is 13.7. The number of nitrogens with zero attached hydrogens (tertiary/aromatic N) is 1. The van der Waals surface area contributed by atoms with Crippen molar-refractivity contribution >= 4 is 22.0 Å². The Hall–Kier alpha value is -2.61. The highest BCUT2D eigenvalue weighted by Crippen LogP contribution is 2.18. The van der Waals surface area contributed by atoms with Crippen molar-refractivity contribution in [3.8, 4) is 0 Å². The van der Waals surface area contributed by atoms with Crippen LogP contribution in [-0.4, -0.2) is 19.3 Å². The summed E-state index contributed by atoms with van der Waals surface area (Å²) in [6, 6.07) is 4.57. The van der Waals surface area contributed by atoms with Crippen LogP contribution in [0.2, 0.25) is 0 Å². The van der Waals surface area contributed by atoms with E-state index < -0.39 is 32.5 Å². The second kappa shape index (κ2) is 6.66. The Morgan fingerprint density at radius 2 is 2.00 bits per heavy atom. The van der Waals surface area contributed by atoms with Gasteiger partial charge in [0.2, 0.25) is 0 Å². The molecule has 2 rings (SSSR count). The Bertz CT molecular complexity index is 866. The monoisotopic (exact) mass is 338 g/mol. The Labute approximate surface area is 131 Å². The van der Waals surface area contributed by atoms with Gasteiger partial charge < -0.3 is 0 Å². The lowest BCUT2D eigenvalue weighted by molar-refractivity contribution is -0.114. The topological polar surface area (TPSA) is 76.1 Å². The minimum atomic E-state index is -4.52. The molecule has 0 radical (unpaired) electrons. The van der Waals surface area contributed by atoms with Crippen LogP contribution in [0.3, 0.4) is 0 Å². The van der Waals surface area contributed by atoms with Gasteiger partial charge in [-0.25, -0.2) is 21.9 Å². The molecule has 5 nitrogen and oxygen atoms in total. The number of hydrogen-bond donors (Lipinski definition) is 1. The molecule has 0 aliphatic rings. The van der Waals surface area contributed by atoms with Crippen LogP contribution in [0.1, 0.15) is 11.1 Å². The van der Waals surface area contributed by atoms with Crippen molar-refractivity contribution < 1.29 is 22.0 Å². The molecule has 1 heterocycles. The van der Waals surface area contributed by atoms with Crippen LogP contribution in [0.15, 0.2) is 47.6 Å². The number of nitrogens with one attached hydrogen (secondary N) is 1. The number of aromatic nitrogens is 1. The van der Waals surface area contributed by atoms with E-state index in [4.69, 9.17) is 0 Å². The molecule has 8 heteroatoms. The number of hydrogen-bond acceptors (Lipinski definition) is 4. The van der Waals surface area contributed by atoms with Gasteiger partial charge in [0.05, 0.1) is 0 Å². The smallest absolute Gasteiger partial charge is 0.267 e. The van der Waals surface area contributed by atoms with Gasteiger partial charge in [-0.05, 0) is 42.3 Å². The largest absolute Gasteiger partial charge is 0.269 e.